The van der Waals surface area contributed by atoms with Gasteiger partial charge in [-0.15, -0.1) is 0 Å². The topological polar surface area (TPSA) is 83.2 Å². The maximum Gasteiger partial charge on any atom is 0.339 e. The van der Waals surface area contributed by atoms with Gasteiger partial charge in [-0.2, -0.15) is 5.26 Å². The molecule has 19 heavy (non-hydrogen) atoms. The largest absolute Gasteiger partial charge is 0.478 e. The van der Waals surface area contributed by atoms with Crippen LogP contribution in [0.2, 0.25) is 0 Å². The van der Waals surface area contributed by atoms with E-state index in [-0.39, 0.29) is 17.1 Å². The zero-order valence-electron chi connectivity index (χ0n) is 9.50. The molecule has 2 aromatic rings. The Morgan fingerprint density at radius 1 is 1.37 bits per heavy atom. The van der Waals surface area contributed by atoms with E-state index in [1.165, 1.54) is 18.5 Å². The molecule has 1 aromatic carbocycles. The van der Waals surface area contributed by atoms with E-state index >= 15 is 0 Å². The lowest BCUT2D eigenvalue weighted by molar-refractivity contribution is 0.0694. The first-order chi connectivity index (χ1) is 9.11. The standard InChI is InChI=1S/C13H7BrN2O3/c14-9-2-1-8(6-15)11(5-9)19-12-7-16-4-3-10(12)13(17)18/h1-5,7H,(H,17,18). The van der Waals surface area contributed by atoms with E-state index < -0.39 is 5.97 Å². The van der Waals surface area contributed by atoms with E-state index in [9.17, 15) is 4.79 Å². The van der Waals surface area contributed by atoms with Crippen molar-refractivity contribution in [3.05, 3.63) is 52.3 Å². The summed E-state index contributed by atoms with van der Waals surface area (Å²) in [5, 5.41) is 18.0. The number of hydrogen-bond donors (Lipinski definition) is 1. The molecular formula is C13H7BrN2O3. The predicted molar refractivity (Wildman–Crippen MR) is 70.1 cm³/mol. The number of ether oxygens (including phenoxy) is 1. The molecule has 0 amide bonds. The normalized spacial score (nSPS) is 9.68. The molecule has 6 heteroatoms. The molecule has 0 radical (unpaired) electrons. The molecule has 0 aliphatic carbocycles. The minimum Gasteiger partial charge on any atom is -0.478 e. The Labute approximate surface area is 117 Å². The zero-order valence-corrected chi connectivity index (χ0v) is 11.1. The highest BCUT2D eigenvalue weighted by atomic mass is 79.9. The number of aromatic nitrogens is 1. The molecule has 0 saturated heterocycles. The van der Waals surface area contributed by atoms with Crippen LogP contribution in [0.15, 0.2) is 41.1 Å². The quantitative estimate of drug-likeness (QED) is 0.939. The van der Waals surface area contributed by atoms with Gasteiger partial charge in [0.2, 0.25) is 0 Å². The van der Waals surface area contributed by atoms with Crippen LogP contribution in [0.1, 0.15) is 15.9 Å². The third-order valence-corrected chi connectivity index (χ3v) is 2.79. The van der Waals surface area contributed by atoms with Gasteiger partial charge in [0, 0.05) is 10.7 Å². The van der Waals surface area contributed by atoms with Crippen LogP contribution < -0.4 is 4.74 Å². The number of hydrogen-bond acceptors (Lipinski definition) is 4. The maximum absolute atomic E-state index is 11.1. The molecule has 1 aromatic heterocycles. The fourth-order valence-electron chi connectivity index (χ4n) is 1.43. The summed E-state index contributed by atoms with van der Waals surface area (Å²) in [6.45, 7) is 0. The maximum atomic E-state index is 11.1. The number of rotatable bonds is 3. The second-order valence-corrected chi connectivity index (χ2v) is 4.45. The van der Waals surface area contributed by atoms with Crippen molar-refractivity contribution >= 4 is 21.9 Å². The van der Waals surface area contributed by atoms with Crippen molar-refractivity contribution in [2.24, 2.45) is 0 Å². The lowest BCUT2D eigenvalue weighted by Crippen LogP contribution is -2.01. The number of nitrogens with zero attached hydrogens (tertiary/aromatic N) is 2. The minimum absolute atomic E-state index is 0.0149. The third kappa shape index (κ3) is 2.89. The average molecular weight is 319 g/mol. The second-order valence-electron chi connectivity index (χ2n) is 3.53. The number of carbonyl (C=O) groups is 1. The molecule has 5 nitrogen and oxygen atoms in total. The number of nitriles is 1. The molecular weight excluding hydrogens is 312 g/mol. The molecule has 0 saturated carbocycles. The summed E-state index contributed by atoms with van der Waals surface area (Å²) in [7, 11) is 0. The number of pyridine rings is 1. The summed E-state index contributed by atoms with van der Waals surface area (Å²) < 4.78 is 6.20. The van der Waals surface area contributed by atoms with Crippen LogP contribution in [0.3, 0.4) is 0 Å². The van der Waals surface area contributed by atoms with Crippen LogP contribution in [0.4, 0.5) is 0 Å². The van der Waals surface area contributed by atoms with Gasteiger partial charge in [0.15, 0.2) is 5.75 Å². The van der Waals surface area contributed by atoms with E-state index in [0.29, 0.717) is 5.56 Å². The summed E-state index contributed by atoms with van der Waals surface area (Å²) in [5.74, 6) is -0.761. The molecule has 0 atom stereocenters. The molecule has 0 aliphatic rings. The zero-order chi connectivity index (χ0) is 13.8. The summed E-state index contributed by atoms with van der Waals surface area (Å²) >= 11 is 3.26. The van der Waals surface area contributed by atoms with Gasteiger partial charge in [0.1, 0.15) is 17.4 Å². The highest BCUT2D eigenvalue weighted by Gasteiger charge is 2.13. The molecule has 1 N–H and O–H groups in total. The molecule has 1 heterocycles. The lowest BCUT2D eigenvalue weighted by Gasteiger charge is -2.09. The summed E-state index contributed by atoms with van der Waals surface area (Å²) in [4.78, 5) is 14.9. The highest BCUT2D eigenvalue weighted by Crippen LogP contribution is 2.29. The van der Waals surface area contributed by atoms with Gasteiger partial charge in [-0.25, -0.2) is 4.79 Å². The Morgan fingerprint density at radius 2 is 2.16 bits per heavy atom. The van der Waals surface area contributed by atoms with Crippen LogP contribution in [-0.4, -0.2) is 16.1 Å². The van der Waals surface area contributed by atoms with Gasteiger partial charge in [0.25, 0.3) is 0 Å². The van der Waals surface area contributed by atoms with Crippen molar-refractivity contribution in [3.8, 4) is 17.6 Å². The SMILES string of the molecule is N#Cc1ccc(Br)cc1Oc1cnccc1C(=O)O. The van der Waals surface area contributed by atoms with Crippen molar-refractivity contribution in [1.82, 2.24) is 4.98 Å². The smallest absolute Gasteiger partial charge is 0.339 e. The number of halogens is 1. The van der Waals surface area contributed by atoms with Crippen molar-refractivity contribution in [2.45, 2.75) is 0 Å². The molecule has 0 fully saturated rings. The van der Waals surface area contributed by atoms with Crippen LogP contribution in [0.5, 0.6) is 11.5 Å². The van der Waals surface area contributed by atoms with E-state index in [1.807, 2.05) is 6.07 Å². The summed E-state index contributed by atoms with van der Waals surface area (Å²) in [6.07, 6.45) is 2.66. The van der Waals surface area contributed by atoms with Gasteiger partial charge in [-0.05, 0) is 24.3 Å². The van der Waals surface area contributed by atoms with Crippen LogP contribution in [0.25, 0.3) is 0 Å². The Balaban J connectivity index is 2.45. The van der Waals surface area contributed by atoms with Crippen molar-refractivity contribution in [3.63, 3.8) is 0 Å². The first-order valence-electron chi connectivity index (χ1n) is 5.16. The average Bonchev–Trinajstić information content (AvgIpc) is 2.39. The molecule has 0 unspecified atom stereocenters. The lowest BCUT2D eigenvalue weighted by atomic mass is 10.2. The Bertz CT molecular complexity index is 680. The number of carboxylic acid groups (broad SMARTS) is 1. The van der Waals surface area contributed by atoms with Gasteiger partial charge in [-0.1, -0.05) is 15.9 Å². The molecule has 94 valence electrons. The van der Waals surface area contributed by atoms with Gasteiger partial charge in [0.05, 0.1) is 11.8 Å². The van der Waals surface area contributed by atoms with Gasteiger partial charge in [-0.3, -0.25) is 4.98 Å². The Kier molecular flexibility index (Phi) is 3.78. The number of carboxylic acids is 1. The summed E-state index contributed by atoms with van der Waals surface area (Å²) in [6, 6.07) is 8.19. The van der Waals surface area contributed by atoms with Gasteiger partial charge >= 0.3 is 5.97 Å². The second kappa shape index (κ2) is 5.50. The minimum atomic E-state index is -1.12. The Hall–Kier alpha value is -2.39. The van der Waals surface area contributed by atoms with Crippen LogP contribution >= 0.6 is 15.9 Å². The van der Waals surface area contributed by atoms with Gasteiger partial charge < -0.3 is 9.84 Å². The predicted octanol–water partition coefficient (Wildman–Crippen LogP) is 3.21. The first kappa shape index (κ1) is 13.1. The van der Waals surface area contributed by atoms with Crippen LogP contribution in [-0.2, 0) is 0 Å². The third-order valence-electron chi connectivity index (χ3n) is 2.30. The van der Waals surface area contributed by atoms with Crippen molar-refractivity contribution < 1.29 is 14.6 Å². The first-order valence-corrected chi connectivity index (χ1v) is 5.96. The Morgan fingerprint density at radius 3 is 2.84 bits per heavy atom. The number of benzene rings is 1. The molecule has 0 spiro atoms. The fourth-order valence-corrected chi connectivity index (χ4v) is 1.77. The monoisotopic (exact) mass is 318 g/mol. The number of aromatic carboxylic acids is 1. The molecule has 2 rings (SSSR count). The molecule has 0 bridgehead atoms. The van der Waals surface area contributed by atoms with Crippen LogP contribution in [0, 0.1) is 11.3 Å². The molecule has 0 aliphatic heterocycles. The van der Waals surface area contributed by atoms with E-state index in [0.717, 1.165) is 4.47 Å². The van der Waals surface area contributed by atoms with Crippen molar-refractivity contribution in [1.29, 1.82) is 5.26 Å². The summed E-state index contributed by atoms with van der Waals surface area (Å²) in [5.41, 5.74) is 0.294. The van der Waals surface area contributed by atoms with E-state index in [4.69, 9.17) is 15.1 Å². The van der Waals surface area contributed by atoms with Crippen molar-refractivity contribution in [2.75, 3.05) is 0 Å². The highest BCUT2D eigenvalue weighted by molar-refractivity contribution is 9.10. The van der Waals surface area contributed by atoms with E-state index in [1.54, 1.807) is 18.2 Å². The fraction of sp³-hybridized carbons (Fsp3) is 0. The van der Waals surface area contributed by atoms with E-state index in [2.05, 4.69) is 20.9 Å².